The molecule has 2 aromatic heterocycles. The number of rotatable bonds is 6. The van der Waals surface area contributed by atoms with Crippen molar-refractivity contribution < 1.29 is 19.1 Å². The number of ether oxygens (including phenoxy) is 2. The molecular weight excluding hydrogens is 382 g/mol. The van der Waals surface area contributed by atoms with Crippen molar-refractivity contribution in [1.82, 2.24) is 9.78 Å². The van der Waals surface area contributed by atoms with Crippen LogP contribution in [0.3, 0.4) is 0 Å². The first kappa shape index (κ1) is 19.7. The Labute approximate surface area is 164 Å². The number of nitrogens with one attached hydrogen (secondary N) is 1. The van der Waals surface area contributed by atoms with Crippen molar-refractivity contribution in [2.75, 3.05) is 25.6 Å². The van der Waals surface area contributed by atoms with Crippen LogP contribution in [0.15, 0.2) is 34.4 Å². The molecule has 9 heteroatoms. The third kappa shape index (κ3) is 3.80. The number of nitrogens with zero attached hydrogens (tertiary/aromatic N) is 2. The van der Waals surface area contributed by atoms with Crippen molar-refractivity contribution in [3.8, 4) is 5.69 Å². The molecule has 0 aliphatic carbocycles. The van der Waals surface area contributed by atoms with Crippen LogP contribution in [0.25, 0.3) is 16.5 Å². The maximum atomic E-state index is 13.1. The van der Waals surface area contributed by atoms with Gasteiger partial charge in [-0.3, -0.25) is 9.59 Å². The van der Waals surface area contributed by atoms with Gasteiger partial charge in [0.15, 0.2) is 5.69 Å². The second-order valence-corrected chi connectivity index (χ2v) is 6.84. The van der Waals surface area contributed by atoms with Crippen LogP contribution in [-0.2, 0) is 14.3 Å². The summed E-state index contributed by atoms with van der Waals surface area (Å²) in [4.78, 5) is 37.5. The Bertz CT molecular complexity index is 1090. The first-order chi connectivity index (χ1) is 13.5. The third-order valence-corrected chi connectivity index (χ3v) is 4.82. The molecule has 0 aliphatic rings. The first-order valence-corrected chi connectivity index (χ1v) is 9.41. The number of fused-ring (bicyclic) bond motifs is 1. The number of thiophene rings is 1. The van der Waals surface area contributed by atoms with Gasteiger partial charge < -0.3 is 14.8 Å². The zero-order valence-electron chi connectivity index (χ0n) is 15.6. The van der Waals surface area contributed by atoms with Crippen LogP contribution in [0.4, 0.5) is 5.00 Å². The van der Waals surface area contributed by atoms with Gasteiger partial charge in [-0.1, -0.05) is 17.7 Å². The Morgan fingerprint density at radius 2 is 1.96 bits per heavy atom. The van der Waals surface area contributed by atoms with Gasteiger partial charge in [0.2, 0.25) is 0 Å². The molecule has 8 nitrogen and oxygen atoms in total. The van der Waals surface area contributed by atoms with Crippen molar-refractivity contribution in [3.63, 3.8) is 0 Å². The Morgan fingerprint density at radius 1 is 1.25 bits per heavy atom. The minimum absolute atomic E-state index is 0.0144. The summed E-state index contributed by atoms with van der Waals surface area (Å²) < 4.78 is 11.1. The Kier molecular flexibility index (Phi) is 5.86. The van der Waals surface area contributed by atoms with Crippen LogP contribution in [0.2, 0.25) is 0 Å². The van der Waals surface area contributed by atoms with Gasteiger partial charge in [0.05, 0.1) is 17.7 Å². The summed E-state index contributed by atoms with van der Waals surface area (Å²) >= 11 is 1.14. The molecule has 3 rings (SSSR count). The van der Waals surface area contributed by atoms with Gasteiger partial charge in [0.25, 0.3) is 11.5 Å². The number of hydrogen-bond donors (Lipinski definition) is 1. The Morgan fingerprint density at radius 3 is 2.61 bits per heavy atom. The highest BCUT2D eigenvalue weighted by Crippen LogP contribution is 2.30. The van der Waals surface area contributed by atoms with Gasteiger partial charge in [-0.2, -0.15) is 9.78 Å². The highest BCUT2D eigenvalue weighted by atomic mass is 32.1. The average Bonchev–Trinajstić information content (AvgIpc) is 3.07. The molecule has 0 unspecified atom stereocenters. The van der Waals surface area contributed by atoms with E-state index in [1.165, 1.54) is 7.11 Å². The molecule has 0 atom stereocenters. The Balaban J connectivity index is 2.24. The van der Waals surface area contributed by atoms with Crippen molar-refractivity contribution in [2.45, 2.75) is 13.8 Å². The van der Waals surface area contributed by atoms with E-state index in [-0.39, 0.29) is 24.3 Å². The lowest BCUT2D eigenvalue weighted by molar-refractivity contribution is -0.119. The molecule has 0 fully saturated rings. The molecule has 1 amide bonds. The smallest absolute Gasteiger partial charge is 0.359 e. The SMILES string of the molecule is CCOC(=O)c1nn(-c2ccc(C)cc2)c(=O)c2c(NC(=O)COC)scc12. The topological polar surface area (TPSA) is 99.5 Å². The number of benzene rings is 1. The molecule has 1 N–H and O–H groups in total. The fourth-order valence-electron chi connectivity index (χ4n) is 2.65. The monoisotopic (exact) mass is 401 g/mol. The van der Waals surface area contributed by atoms with Crippen molar-refractivity contribution >= 4 is 39.0 Å². The highest BCUT2D eigenvalue weighted by molar-refractivity contribution is 7.16. The molecular formula is C19H19N3O5S. The molecule has 1 aromatic carbocycles. The lowest BCUT2D eigenvalue weighted by Crippen LogP contribution is -2.26. The molecule has 0 saturated heterocycles. The molecule has 0 aliphatic heterocycles. The largest absolute Gasteiger partial charge is 0.461 e. The van der Waals surface area contributed by atoms with Gasteiger partial charge in [-0.25, -0.2) is 4.79 Å². The van der Waals surface area contributed by atoms with Crippen LogP contribution in [0.1, 0.15) is 23.0 Å². The summed E-state index contributed by atoms with van der Waals surface area (Å²) in [6.45, 7) is 3.64. The lowest BCUT2D eigenvalue weighted by atomic mass is 10.2. The number of esters is 1. The van der Waals surface area contributed by atoms with Gasteiger partial charge in [0.1, 0.15) is 11.6 Å². The summed E-state index contributed by atoms with van der Waals surface area (Å²) in [5.41, 5.74) is 1.09. The molecule has 0 spiro atoms. The number of methoxy groups -OCH3 is 1. The normalized spacial score (nSPS) is 10.8. The second-order valence-electron chi connectivity index (χ2n) is 5.96. The number of carbonyl (C=O) groups is 2. The van der Waals surface area contributed by atoms with Crippen LogP contribution in [0, 0.1) is 6.92 Å². The zero-order valence-corrected chi connectivity index (χ0v) is 16.5. The third-order valence-electron chi connectivity index (χ3n) is 3.93. The number of anilines is 1. The fourth-order valence-corrected chi connectivity index (χ4v) is 3.60. The quantitative estimate of drug-likeness (QED) is 0.637. The van der Waals surface area contributed by atoms with Crippen molar-refractivity contribution in [3.05, 3.63) is 51.3 Å². The fraction of sp³-hybridized carbons (Fsp3) is 0.263. The minimum Gasteiger partial charge on any atom is -0.461 e. The van der Waals surface area contributed by atoms with Gasteiger partial charge in [0, 0.05) is 17.9 Å². The Hall–Kier alpha value is -3.04. The van der Waals surface area contributed by atoms with E-state index in [0.29, 0.717) is 16.1 Å². The standard InChI is InChI=1S/C19H19N3O5S/c1-4-27-19(25)16-13-10-28-17(20-14(23)9-26-3)15(13)18(24)22(21-16)12-7-5-11(2)6-8-12/h5-8,10H,4,9H2,1-3H3,(H,20,23). The predicted octanol–water partition coefficient (Wildman–Crippen LogP) is 2.52. The number of hydrogen-bond acceptors (Lipinski definition) is 7. The average molecular weight is 401 g/mol. The van der Waals surface area contributed by atoms with Crippen molar-refractivity contribution in [1.29, 1.82) is 0 Å². The second kappa shape index (κ2) is 8.32. The van der Waals surface area contributed by atoms with Crippen LogP contribution in [-0.4, -0.2) is 42.0 Å². The van der Waals surface area contributed by atoms with E-state index in [2.05, 4.69) is 10.4 Å². The van der Waals surface area contributed by atoms with Gasteiger partial charge in [-0.05, 0) is 26.0 Å². The predicted molar refractivity (Wildman–Crippen MR) is 106 cm³/mol. The van der Waals surface area contributed by atoms with E-state index < -0.39 is 17.4 Å². The van der Waals surface area contributed by atoms with Crippen LogP contribution in [0.5, 0.6) is 0 Å². The molecule has 28 heavy (non-hydrogen) atoms. The summed E-state index contributed by atoms with van der Waals surface area (Å²) in [6, 6.07) is 7.15. The number of aromatic nitrogens is 2. The maximum absolute atomic E-state index is 13.1. The molecule has 0 radical (unpaired) electrons. The number of amides is 1. The first-order valence-electron chi connectivity index (χ1n) is 8.53. The van der Waals surface area contributed by atoms with E-state index in [1.807, 2.05) is 19.1 Å². The lowest BCUT2D eigenvalue weighted by Gasteiger charge is -2.10. The molecule has 0 saturated carbocycles. The highest BCUT2D eigenvalue weighted by Gasteiger charge is 2.23. The summed E-state index contributed by atoms with van der Waals surface area (Å²) in [5.74, 6) is -1.04. The number of aryl methyl sites for hydroxylation is 1. The number of carbonyl (C=O) groups excluding carboxylic acids is 2. The van der Waals surface area contributed by atoms with E-state index in [1.54, 1.807) is 24.4 Å². The van der Waals surface area contributed by atoms with E-state index >= 15 is 0 Å². The minimum atomic E-state index is -0.638. The maximum Gasteiger partial charge on any atom is 0.359 e. The van der Waals surface area contributed by atoms with Crippen molar-refractivity contribution in [2.24, 2.45) is 0 Å². The van der Waals surface area contributed by atoms with E-state index in [4.69, 9.17) is 9.47 Å². The molecule has 0 bridgehead atoms. The molecule has 146 valence electrons. The summed E-state index contributed by atoms with van der Waals surface area (Å²) in [5, 5.41) is 9.38. The van der Waals surface area contributed by atoms with E-state index in [0.717, 1.165) is 21.6 Å². The summed E-state index contributed by atoms with van der Waals surface area (Å²) in [6.07, 6.45) is 0. The van der Waals surface area contributed by atoms with Crippen LogP contribution >= 0.6 is 11.3 Å². The van der Waals surface area contributed by atoms with E-state index in [9.17, 15) is 14.4 Å². The zero-order chi connectivity index (χ0) is 20.3. The molecule has 3 aromatic rings. The van der Waals surface area contributed by atoms with Crippen LogP contribution < -0.4 is 10.9 Å². The van der Waals surface area contributed by atoms with Gasteiger partial charge in [-0.15, -0.1) is 11.3 Å². The summed E-state index contributed by atoms with van der Waals surface area (Å²) in [7, 11) is 1.40. The van der Waals surface area contributed by atoms with Gasteiger partial charge >= 0.3 is 5.97 Å². The molecule has 2 heterocycles.